The van der Waals surface area contributed by atoms with Crippen LogP contribution in [0.15, 0.2) is 0 Å². The van der Waals surface area contributed by atoms with Gasteiger partial charge in [-0.3, -0.25) is 0 Å². The molecule has 2 aliphatic rings. The van der Waals surface area contributed by atoms with Crippen LogP contribution in [-0.4, -0.2) is 37.1 Å². The van der Waals surface area contributed by atoms with Crippen molar-refractivity contribution in [1.29, 1.82) is 0 Å². The molecule has 0 aromatic carbocycles. The average Bonchev–Trinajstić information content (AvgIpc) is 2.68. The summed E-state index contributed by atoms with van der Waals surface area (Å²) in [6, 6.07) is 1.60. The van der Waals surface area contributed by atoms with Crippen LogP contribution in [0.5, 0.6) is 0 Å². The predicted octanol–water partition coefficient (Wildman–Crippen LogP) is 3.42. The van der Waals surface area contributed by atoms with E-state index in [9.17, 15) is 0 Å². The molecule has 1 saturated carbocycles. The molecule has 1 aliphatic carbocycles. The van der Waals surface area contributed by atoms with Crippen molar-refractivity contribution in [3.63, 3.8) is 0 Å². The Morgan fingerprint density at radius 2 is 1.78 bits per heavy atom. The standard InChI is InChI=1S/C16H32N2/c1-3-14-10-11-17-15(12-14)13-18(2)16-8-6-4-5-7-9-16/h14-17H,3-13H2,1-2H3. The maximum Gasteiger partial charge on any atom is 0.0197 e. The average molecular weight is 252 g/mol. The van der Waals surface area contributed by atoms with Crippen molar-refractivity contribution in [3.8, 4) is 0 Å². The molecule has 2 rings (SSSR count). The summed E-state index contributed by atoms with van der Waals surface area (Å²) in [7, 11) is 2.35. The molecule has 2 heteroatoms. The third kappa shape index (κ3) is 4.24. The molecule has 0 bridgehead atoms. The van der Waals surface area contributed by atoms with Crippen LogP contribution in [0.25, 0.3) is 0 Å². The van der Waals surface area contributed by atoms with Crippen LogP contribution in [-0.2, 0) is 0 Å². The van der Waals surface area contributed by atoms with Crippen LogP contribution in [0.3, 0.4) is 0 Å². The summed E-state index contributed by atoms with van der Waals surface area (Å²) < 4.78 is 0. The molecule has 0 amide bonds. The lowest BCUT2D eigenvalue weighted by Crippen LogP contribution is -2.47. The summed E-state index contributed by atoms with van der Waals surface area (Å²) in [4.78, 5) is 2.65. The van der Waals surface area contributed by atoms with Crippen molar-refractivity contribution < 1.29 is 0 Å². The van der Waals surface area contributed by atoms with Gasteiger partial charge in [0.25, 0.3) is 0 Å². The Kier molecular flexibility index (Phi) is 5.97. The quantitative estimate of drug-likeness (QED) is 0.771. The van der Waals surface area contributed by atoms with E-state index in [4.69, 9.17) is 0 Å². The Balaban J connectivity index is 1.76. The first-order valence-electron chi connectivity index (χ1n) is 8.23. The third-order valence-electron chi connectivity index (χ3n) is 5.14. The van der Waals surface area contributed by atoms with Crippen LogP contribution in [0.4, 0.5) is 0 Å². The molecule has 1 aliphatic heterocycles. The minimum Gasteiger partial charge on any atom is -0.313 e. The Morgan fingerprint density at radius 1 is 1.06 bits per heavy atom. The Morgan fingerprint density at radius 3 is 2.44 bits per heavy atom. The fourth-order valence-corrected chi connectivity index (χ4v) is 3.80. The lowest BCUT2D eigenvalue weighted by molar-refractivity contribution is 0.171. The maximum atomic E-state index is 3.73. The van der Waals surface area contributed by atoms with Gasteiger partial charge in [-0.2, -0.15) is 0 Å². The van der Waals surface area contributed by atoms with E-state index in [0.29, 0.717) is 0 Å². The number of hydrogen-bond donors (Lipinski definition) is 1. The number of piperidine rings is 1. The van der Waals surface area contributed by atoms with E-state index < -0.39 is 0 Å². The first-order valence-corrected chi connectivity index (χ1v) is 8.23. The lowest BCUT2D eigenvalue weighted by atomic mass is 9.90. The van der Waals surface area contributed by atoms with E-state index in [0.717, 1.165) is 18.0 Å². The molecular weight excluding hydrogens is 220 g/mol. The van der Waals surface area contributed by atoms with Gasteiger partial charge in [0, 0.05) is 18.6 Å². The van der Waals surface area contributed by atoms with E-state index in [1.165, 1.54) is 70.9 Å². The van der Waals surface area contributed by atoms with E-state index in [1.807, 2.05) is 0 Å². The smallest absolute Gasteiger partial charge is 0.0197 e. The molecule has 106 valence electrons. The van der Waals surface area contributed by atoms with Gasteiger partial charge < -0.3 is 10.2 Å². The van der Waals surface area contributed by atoms with Gasteiger partial charge in [-0.05, 0) is 45.2 Å². The summed E-state index contributed by atoms with van der Waals surface area (Å²) in [6.45, 7) is 4.85. The Bertz CT molecular complexity index is 221. The molecule has 1 saturated heterocycles. The molecule has 2 atom stereocenters. The highest BCUT2D eigenvalue weighted by Gasteiger charge is 2.24. The van der Waals surface area contributed by atoms with E-state index in [-0.39, 0.29) is 0 Å². The summed E-state index contributed by atoms with van der Waals surface area (Å²) in [6.07, 6.45) is 12.8. The summed E-state index contributed by atoms with van der Waals surface area (Å²) >= 11 is 0. The van der Waals surface area contributed by atoms with Crippen LogP contribution in [0, 0.1) is 5.92 Å². The van der Waals surface area contributed by atoms with Gasteiger partial charge >= 0.3 is 0 Å². The summed E-state index contributed by atoms with van der Waals surface area (Å²) in [5.74, 6) is 0.971. The second-order valence-electron chi connectivity index (χ2n) is 6.53. The molecule has 2 unspecified atom stereocenters. The fraction of sp³-hybridized carbons (Fsp3) is 1.00. The predicted molar refractivity (Wildman–Crippen MR) is 78.9 cm³/mol. The van der Waals surface area contributed by atoms with Gasteiger partial charge in [0.05, 0.1) is 0 Å². The highest BCUT2D eigenvalue weighted by molar-refractivity contribution is 4.82. The number of hydrogen-bond acceptors (Lipinski definition) is 2. The molecule has 0 aromatic heterocycles. The highest BCUT2D eigenvalue weighted by Crippen LogP contribution is 2.23. The van der Waals surface area contributed by atoms with Crippen LogP contribution in [0.1, 0.15) is 64.7 Å². The van der Waals surface area contributed by atoms with Crippen molar-refractivity contribution in [2.24, 2.45) is 5.92 Å². The molecule has 2 fully saturated rings. The van der Waals surface area contributed by atoms with Crippen LogP contribution >= 0.6 is 0 Å². The first kappa shape index (κ1) is 14.3. The molecule has 1 N–H and O–H groups in total. The second kappa shape index (κ2) is 7.49. The molecule has 0 radical (unpaired) electrons. The zero-order valence-corrected chi connectivity index (χ0v) is 12.5. The minimum absolute atomic E-state index is 0.747. The largest absolute Gasteiger partial charge is 0.313 e. The monoisotopic (exact) mass is 252 g/mol. The normalized spacial score (nSPS) is 31.5. The van der Waals surface area contributed by atoms with Gasteiger partial charge in [-0.15, -0.1) is 0 Å². The van der Waals surface area contributed by atoms with Crippen LogP contribution < -0.4 is 5.32 Å². The van der Waals surface area contributed by atoms with Gasteiger partial charge in [-0.25, -0.2) is 0 Å². The van der Waals surface area contributed by atoms with Gasteiger partial charge in [0.1, 0.15) is 0 Å². The first-order chi connectivity index (χ1) is 8.79. The summed E-state index contributed by atoms with van der Waals surface area (Å²) in [5, 5.41) is 3.73. The Labute approximate surface area is 114 Å². The lowest BCUT2D eigenvalue weighted by Gasteiger charge is -2.35. The van der Waals surface area contributed by atoms with Crippen LogP contribution in [0.2, 0.25) is 0 Å². The molecule has 18 heavy (non-hydrogen) atoms. The van der Waals surface area contributed by atoms with Crippen molar-refractivity contribution in [2.45, 2.75) is 76.8 Å². The maximum absolute atomic E-state index is 3.73. The minimum atomic E-state index is 0.747. The summed E-state index contributed by atoms with van der Waals surface area (Å²) in [5.41, 5.74) is 0. The van der Waals surface area contributed by atoms with Crippen molar-refractivity contribution in [3.05, 3.63) is 0 Å². The third-order valence-corrected chi connectivity index (χ3v) is 5.14. The van der Waals surface area contributed by atoms with Gasteiger partial charge in [0.15, 0.2) is 0 Å². The van der Waals surface area contributed by atoms with E-state index in [2.05, 4.69) is 24.2 Å². The number of nitrogens with zero attached hydrogens (tertiary/aromatic N) is 1. The molecular formula is C16H32N2. The van der Waals surface area contributed by atoms with Crippen molar-refractivity contribution in [1.82, 2.24) is 10.2 Å². The number of rotatable bonds is 4. The van der Waals surface area contributed by atoms with Gasteiger partial charge in [-0.1, -0.05) is 39.0 Å². The molecule has 1 heterocycles. The fourth-order valence-electron chi connectivity index (χ4n) is 3.80. The van der Waals surface area contributed by atoms with Gasteiger partial charge in [0.2, 0.25) is 0 Å². The molecule has 0 aromatic rings. The molecule has 2 nitrogen and oxygen atoms in total. The zero-order valence-electron chi connectivity index (χ0n) is 12.5. The zero-order chi connectivity index (χ0) is 12.8. The highest BCUT2D eigenvalue weighted by atomic mass is 15.2. The second-order valence-corrected chi connectivity index (χ2v) is 6.53. The molecule has 0 spiro atoms. The number of nitrogens with one attached hydrogen (secondary N) is 1. The SMILES string of the molecule is CCC1CCNC(CN(C)C2CCCCCC2)C1. The Hall–Kier alpha value is -0.0800. The topological polar surface area (TPSA) is 15.3 Å². The van der Waals surface area contributed by atoms with E-state index >= 15 is 0 Å². The van der Waals surface area contributed by atoms with Crippen molar-refractivity contribution >= 4 is 0 Å². The van der Waals surface area contributed by atoms with Crippen molar-refractivity contribution in [2.75, 3.05) is 20.1 Å². The van der Waals surface area contributed by atoms with E-state index in [1.54, 1.807) is 0 Å². The number of likely N-dealkylation sites (N-methyl/N-ethyl adjacent to an activating group) is 1.